The van der Waals surface area contributed by atoms with Crippen LogP contribution >= 0.6 is 0 Å². The molecule has 2 aromatic heterocycles. The number of hydrogen-bond acceptors (Lipinski definition) is 2. The van der Waals surface area contributed by atoms with Crippen LogP contribution in [0.25, 0.3) is 5.65 Å². The van der Waals surface area contributed by atoms with Crippen LogP contribution in [0.4, 0.5) is 10.2 Å². The number of nitrogen functional groups attached to an aromatic ring is 1. The van der Waals surface area contributed by atoms with E-state index in [-0.39, 0.29) is 5.82 Å². The summed E-state index contributed by atoms with van der Waals surface area (Å²) < 4.78 is 14.8. The third kappa shape index (κ3) is 2.17. The number of hydrogen-bond donors (Lipinski definition) is 1. The molecule has 2 heterocycles. The van der Waals surface area contributed by atoms with Gasteiger partial charge in [0.15, 0.2) is 0 Å². The molecule has 96 valence electrons. The summed E-state index contributed by atoms with van der Waals surface area (Å²) in [4.78, 5) is 4.44. The van der Waals surface area contributed by atoms with Crippen LogP contribution in [0.5, 0.6) is 0 Å². The Balaban J connectivity index is 2.01. The Morgan fingerprint density at radius 3 is 2.63 bits per heavy atom. The number of rotatable bonds is 2. The Kier molecular flexibility index (Phi) is 2.71. The molecule has 3 rings (SSSR count). The van der Waals surface area contributed by atoms with Crippen molar-refractivity contribution >= 4 is 11.5 Å². The van der Waals surface area contributed by atoms with E-state index in [2.05, 4.69) is 29.2 Å². The molecule has 0 saturated heterocycles. The topological polar surface area (TPSA) is 43.3 Å². The highest BCUT2D eigenvalue weighted by atomic mass is 19.1. The summed E-state index contributed by atoms with van der Waals surface area (Å²) in [6.45, 7) is 2.05. The molecule has 19 heavy (non-hydrogen) atoms. The van der Waals surface area contributed by atoms with Gasteiger partial charge in [0.2, 0.25) is 0 Å². The number of anilines is 1. The molecule has 0 aliphatic rings. The van der Waals surface area contributed by atoms with E-state index >= 15 is 0 Å². The van der Waals surface area contributed by atoms with Crippen molar-refractivity contribution in [3.8, 4) is 0 Å². The van der Waals surface area contributed by atoms with Gasteiger partial charge in [0.1, 0.15) is 17.3 Å². The van der Waals surface area contributed by atoms with E-state index in [1.807, 2.05) is 6.92 Å². The summed E-state index contributed by atoms with van der Waals surface area (Å²) in [6.07, 6.45) is 2.01. The van der Waals surface area contributed by atoms with Gasteiger partial charge in [0.25, 0.3) is 0 Å². The van der Waals surface area contributed by atoms with Gasteiger partial charge in [0.05, 0.1) is 5.69 Å². The first-order valence-corrected chi connectivity index (χ1v) is 6.11. The van der Waals surface area contributed by atoms with Crippen molar-refractivity contribution in [1.29, 1.82) is 0 Å². The second-order valence-corrected chi connectivity index (χ2v) is 4.68. The predicted molar refractivity (Wildman–Crippen MR) is 73.5 cm³/mol. The third-order valence-electron chi connectivity index (χ3n) is 3.19. The highest BCUT2D eigenvalue weighted by Crippen LogP contribution is 2.19. The Labute approximate surface area is 110 Å². The van der Waals surface area contributed by atoms with E-state index in [0.29, 0.717) is 17.9 Å². The lowest BCUT2D eigenvalue weighted by Crippen LogP contribution is -1.98. The Bertz CT molecular complexity index is 729. The van der Waals surface area contributed by atoms with Crippen molar-refractivity contribution in [1.82, 2.24) is 9.38 Å². The average Bonchev–Trinajstić information content (AvgIpc) is 2.70. The molecule has 1 aromatic carbocycles. The van der Waals surface area contributed by atoms with Gasteiger partial charge in [-0.25, -0.2) is 9.37 Å². The largest absolute Gasteiger partial charge is 0.383 e. The van der Waals surface area contributed by atoms with Crippen molar-refractivity contribution in [2.24, 2.45) is 0 Å². The molecule has 0 radical (unpaired) electrons. The minimum atomic E-state index is -0.321. The highest BCUT2D eigenvalue weighted by Gasteiger charge is 2.10. The first kappa shape index (κ1) is 11.7. The van der Waals surface area contributed by atoms with Crippen molar-refractivity contribution in [2.75, 3.05) is 5.73 Å². The van der Waals surface area contributed by atoms with Gasteiger partial charge in [0, 0.05) is 12.6 Å². The number of pyridine rings is 1. The maximum atomic E-state index is 13.2. The zero-order chi connectivity index (χ0) is 13.4. The highest BCUT2D eigenvalue weighted by molar-refractivity contribution is 5.53. The van der Waals surface area contributed by atoms with E-state index < -0.39 is 0 Å². The fraction of sp³-hybridized carbons (Fsp3) is 0.133. The molecule has 0 fully saturated rings. The van der Waals surface area contributed by atoms with Gasteiger partial charge >= 0.3 is 0 Å². The summed E-state index contributed by atoms with van der Waals surface area (Å²) in [6, 6.07) is 11.2. The van der Waals surface area contributed by atoms with Crippen LogP contribution in [-0.2, 0) is 6.42 Å². The van der Waals surface area contributed by atoms with Crippen molar-refractivity contribution in [3.05, 3.63) is 65.2 Å². The second-order valence-electron chi connectivity index (χ2n) is 4.68. The van der Waals surface area contributed by atoms with E-state index in [1.54, 1.807) is 10.5 Å². The number of aromatic nitrogens is 2. The van der Waals surface area contributed by atoms with E-state index in [4.69, 9.17) is 5.73 Å². The lowest BCUT2D eigenvalue weighted by Gasteiger charge is -2.01. The van der Waals surface area contributed by atoms with Crippen LogP contribution < -0.4 is 5.73 Å². The first-order valence-electron chi connectivity index (χ1n) is 6.11. The molecule has 0 saturated carbocycles. The fourth-order valence-electron chi connectivity index (χ4n) is 2.11. The predicted octanol–water partition coefficient (Wildman–Crippen LogP) is 2.95. The zero-order valence-electron chi connectivity index (χ0n) is 10.6. The summed E-state index contributed by atoms with van der Waals surface area (Å²) in [7, 11) is 0. The van der Waals surface area contributed by atoms with Crippen LogP contribution in [0, 0.1) is 12.7 Å². The molecule has 0 atom stereocenters. The number of benzene rings is 1. The van der Waals surface area contributed by atoms with E-state index in [1.165, 1.54) is 17.8 Å². The molecule has 0 unspecified atom stereocenters. The van der Waals surface area contributed by atoms with Crippen LogP contribution in [0.15, 0.2) is 42.6 Å². The lowest BCUT2D eigenvalue weighted by atomic mass is 10.1. The molecule has 0 aliphatic heterocycles. The van der Waals surface area contributed by atoms with Crippen LogP contribution in [0.2, 0.25) is 0 Å². The molecular weight excluding hydrogens is 241 g/mol. The molecule has 3 nitrogen and oxygen atoms in total. The number of nitrogens with zero attached hydrogens (tertiary/aromatic N) is 2. The zero-order valence-corrected chi connectivity index (χ0v) is 10.6. The van der Waals surface area contributed by atoms with Gasteiger partial charge in [-0.05, 0) is 24.6 Å². The average molecular weight is 255 g/mol. The maximum absolute atomic E-state index is 13.2. The number of halogens is 1. The molecule has 0 aliphatic carbocycles. The molecule has 0 spiro atoms. The third-order valence-corrected chi connectivity index (χ3v) is 3.19. The molecule has 3 aromatic rings. The van der Waals surface area contributed by atoms with Crippen molar-refractivity contribution < 1.29 is 4.39 Å². The Morgan fingerprint density at radius 1 is 1.16 bits per heavy atom. The van der Waals surface area contributed by atoms with E-state index in [9.17, 15) is 4.39 Å². The summed E-state index contributed by atoms with van der Waals surface area (Å²) >= 11 is 0. The van der Waals surface area contributed by atoms with Crippen LogP contribution in [-0.4, -0.2) is 9.38 Å². The molecule has 0 bridgehead atoms. The molecule has 0 amide bonds. The number of imidazole rings is 1. The standard InChI is InChI=1S/C15H14FN3/c1-10-2-4-11(5-3-10)8-13-15(17)19-9-12(16)6-7-14(19)18-13/h2-7,9H,8,17H2,1H3. The van der Waals surface area contributed by atoms with Crippen LogP contribution in [0.3, 0.4) is 0 Å². The number of aryl methyl sites for hydroxylation is 1. The van der Waals surface area contributed by atoms with Gasteiger partial charge < -0.3 is 5.73 Å². The monoisotopic (exact) mass is 255 g/mol. The van der Waals surface area contributed by atoms with Crippen LogP contribution in [0.1, 0.15) is 16.8 Å². The first-order chi connectivity index (χ1) is 9.13. The normalized spacial score (nSPS) is 11.1. The molecule has 4 heteroatoms. The molecular formula is C15H14FN3. The van der Waals surface area contributed by atoms with Crippen molar-refractivity contribution in [2.45, 2.75) is 13.3 Å². The summed E-state index contributed by atoms with van der Waals surface area (Å²) in [5.41, 5.74) is 9.82. The van der Waals surface area contributed by atoms with Gasteiger partial charge in [-0.15, -0.1) is 0 Å². The maximum Gasteiger partial charge on any atom is 0.140 e. The van der Waals surface area contributed by atoms with Gasteiger partial charge in [-0.2, -0.15) is 0 Å². The minimum Gasteiger partial charge on any atom is -0.383 e. The number of fused-ring (bicyclic) bond motifs is 1. The summed E-state index contributed by atoms with van der Waals surface area (Å²) in [5.74, 6) is 0.175. The fourth-order valence-corrected chi connectivity index (χ4v) is 2.11. The second kappa shape index (κ2) is 4.39. The Hall–Kier alpha value is -2.36. The smallest absolute Gasteiger partial charge is 0.140 e. The quantitative estimate of drug-likeness (QED) is 0.765. The van der Waals surface area contributed by atoms with Crippen molar-refractivity contribution in [3.63, 3.8) is 0 Å². The van der Waals surface area contributed by atoms with Gasteiger partial charge in [-0.1, -0.05) is 29.8 Å². The minimum absolute atomic E-state index is 0.321. The number of nitrogens with two attached hydrogens (primary N) is 1. The lowest BCUT2D eigenvalue weighted by molar-refractivity contribution is 0.619. The van der Waals surface area contributed by atoms with E-state index in [0.717, 1.165) is 11.3 Å². The summed E-state index contributed by atoms with van der Waals surface area (Å²) in [5, 5.41) is 0. The Morgan fingerprint density at radius 2 is 1.89 bits per heavy atom. The SMILES string of the molecule is Cc1ccc(Cc2nc3ccc(F)cn3c2N)cc1. The molecule has 2 N–H and O–H groups in total. The van der Waals surface area contributed by atoms with Gasteiger partial charge in [-0.3, -0.25) is 4.40 Å².